The Balaban J connectivity index is 2.23. The summed E-state index contributed by atoms with van der Waals surface area (Å²) in [5.41, 5.74) is 6.82. The van der Waals surface area contributed by atoms with E-state index in [0.717, 1.165) is 5.56 Å². The summed E-state index contributed by atoms with van der Waals surface area (Å²) in [6, 6.07) is 9.18. The van der Waals surface area contributed by atoms with Crippen LogP contribution in [0.2, 0.25) is 5.02 Å². The number of hydrogen-bond acceptors (Lipinski definition) is 2. The van der Waals surface area contributed by atoms with Crippen molar-refractivity contribution < 1.29 is 8.60 Å². The lowest BCUT2D eigenvalue weighted by molar-refractivity contribution is 0.626. The van der Waals surface area contributed by atoms with Crippen molar-refractivity contribution in [1.29, 1.82) is 0 Å². The van der Waals surface area contributed by atoms with E-state index < -0.39 is 10.8 Å². The van der Waals surface area contributed by atoms with E-state index >= 15 is 0 Å². The molecule has 2 aromatic rings. The van der Waals surface area contributed by atoms with Crippen LogP contribution in [0.5, 0.6) is 0 Å². The van der Waals surface area contributed by atoms with E-state index in [0.29, 0.717) is 20.1 Å². The number of halogens is 3. The average molecular weight is 363 g/mol. The first-order valence-corrected chi connectivity index (χ1v) is 7.83. The fourth-order valence-corrected chi connectivity index (χ4v) is 3.60. The van der Waals surface area contributed by atoms with Crippen LogP contribution in [0.25, 0.3) is 0 Å². The highest BCUT2D eigenvalue weighted by atomic mass is 79.9. The minimum atomic E-state index is -1.26. The summed E-state index contributed by atoms with van der Waals surface area (Å²) in [7, 11) is -1.26. The SMILES string of the molecule is Nc1ccc(S(=O)Cc2ccc(F)cc2Br)cc1Cl. The maximum atomic E-state index is 13.0. The van der Waals surface area contributed by atoms with Gasteiger partial charge >= 0.3 is 0 Å². The van der Waals surface area contributed by atoms with E-state index in [4.69, 9.17) is 17.3 Å². The molecule has 6 heteroatoms. The normalized spacial score (nSPS) is 12.4. The fraction of sp³-hybridized carbons (Fsp3) is 0.0769. The summed E-state index contributed by atoms with van der Waals surface area (Å²) in [5.74, 6) is -0.0573. The molecule has 100 valence electrons. The Kier molecular flexibility index (Phi) is 4.60. The van der Waals surface area contributed by atoms with Gasteiger partial charge in [-0.15, -0.1) is 0 Å². The molecule has 2 nitrogen and oxygen atoms in total. The summed E-state index contributed by atoms with van der Waals surface area (Å²) in [6.45, 7) is 0. The molecule has 0 heterocycles. The monoisotopic (exact) mass is 361 g/mol. The van der Waals surface area contributed by atoms with Crippen molar-refractivity contribution in [1.82, 2.24) is 0 Å². The van der Waals surface area contributed by atoms with E-state index in [2.05, 4.69) is 15.9 Å². The fourth-order valence-electron chi connectivity index (χ4n) is 1.51. The van der Waals surface area contributed by atoms with Gasteiger partial charge in [0.05, 0.1) is 27.3 Å². The van der Waals surface area contributed by atoms with E-state index in [1.165, 1.54) is 12.1 Å². The smallest absolute Gasteiger partial charge is 0.124 e. The lowest BCUT2D eigenvalue weighted by Gasteiger charge is -2.06. The van der Waals surface area contributed by atoms with Crippen LogP contribution in [-0.2, 0) is 16.6 Å². The summed E-state index contributed by atoms with van der Waals surface area (Å²) < 4.78 is 25.8. The Labute approximate surface area is 126 Å². The Morgan fingerprint density at radius 3 is 2.63 bits per heavy atom. The van der Waals surface area contributed by atoms with Crippen LogP contribution in [0.1, 0.15) is 5.56 Å². The Bertz CT molecular complexity index is 651. The van der Waals surface area contributed by atoms with Crippen molar-refractivity contribution in [3.8, 4) is 0 Å². The molecule has 0 amide bonds. The Hall–Kier alpha value is -0.910. The van der Waals surface area contributed by atoms with E-state index in [1.54, 1.807) is 24.3 Å². The maximum Gasteiger partial charge on any atom is 0.124 e. The first-order chi connectivity index (χ1) is 8.97. The highest BCUT2D eigenvalue weighted by Crippen LogP contribution is 2.25. The number of hydrogen-bond donors (Lipinski definition) is 1. The van der Waals surface area contributed by atoms with Crippen molar-refractivity contribution in [3.05, 3.63) is 57.3 Å². The zero-order valence-corrected chi connectivity index (χ0v) is 12.9. The van der Waals surface area contributed by atoms with Gasteiger partial charge in [0.2, 0.25) is 0 Å². The van der Waals surface area contributed by atoms with E-state index in [-0.39, 0.29) is 11.6 Å². The second kappa shape index (κ2) is 6.03. The highest BCUT2D eigenvalue weighted by Gasteiger charge is 2.10. The van der Waals surface area contributed by atoms with Gasteiger partial charge in [-0.05, 0) is 35.9 Å². The van der Waals surface area contributed by atoms with Crippen molar-refractivity contribution in [2.75, 3.05) is 5.73 Å². The molecule has 0 aromatic heterocycles. The molecule has 0 radical (unpaired) electrons. The molecule has 1 atom stereocenters. The zero-order chi connectivity index (χ0) is 14.0. The van der Waals surface area contributed by atoms with Crippen LogP contribution >= 0.6 is 27.5 Å². The molecule has 2 rings (SSSR count). The van der Waals surface area contributed by atoms with Crippen LogP contribution in [-0.4, -0.2) is 4.21 Å². The van der Waals surface area contributed by atoms with Gasteiger partial charge in [0.15, 0.2) is 0 Å². The molecule has 0 aliphatic carbocycles. The predicted octanol–water partition coefficient (Wildman–Crippen LogP) is 4.13. The molecule has 0 bridgehead atoms. The largest absolute Gasteiger partial charge is 0.398 e. The third-order valence-corrected chi connectivity index (χ3v) is 4.95. The second-order valence-corrected chi connectivity index (χ2v) is 6.62. The molecule has 2 aromatic carbocycles. The molecule has 0 fully saturated rings. The summed E-state index contributed by atoms with van der Waals surface area (Å²) in [5, 5.41) is 0.379. The van der Waals surface area contributed by atoms with Gasteiger partial charge in [-0.3, -0.25) is 4.21 Å². The standard InChI is InChI=1S/C13H10BrClFNOS/c14-11-5-9(16)2-1-8(11)7-19(18)10-3-4-13(17)12(15)6-10/h1-6H,7,17H2. The van der Waals surface area contributed by atoms with Gasteiger partial charge in [-0.2, -0.15) is 0 Å². The third-order valence-electron chi connectivity index (χ3n) is 2.54. The zero-order valence-electron chi connectivity index (χ0n) is 9.70. The van der Waals surface area contributed by atoms with Gasteiger partial charge in [0.25, 0.3) is 0 Å². The average Bonchev–Trinajstić information content (AvgIpc) is 2.36. The number of nitrogens with two attached hydrogens (primary N) is 1. The summed E-state index contributed by atoms with van der Waals surface area (Å²) in [4.78, 5) is 0.593. The Morgan fingerprint density at radius 2 is 2.00 bits per heavy atom. The highest BCUT2D eigenvalue weighted by molar-refractivity contribution is 9.10. The number of nitrogen functional groups attached to an aromatic ring is 1. The van der Waals surface area contributed by atoms with Crippen LogP contribution in [0.15, 0.2) is 45.8 Å². The van der Waals surface area contributed by atoms with E-state index in [1.807, 2.05) is 0 Å². The molecule has 0 saturated heterocycles. The van der Waals surface area contributed by atoms with Gasteiger partial charge in [0.1, 0.15) is 5.82 Å². The molecule has 2 N–H and O–H groups in total. The molecule has 0 saturated carbocycles. The molecule has 0 aliphatic rings. The van der Waals surface area contributed by atoms with Crippen molar-refractivity contribution >= 4 is 44.0 Å². The quantitative estimate of drug-likeness (QED) is 0.834. The summed E-state index contributed by atoms with van der Waals surface area (Å²) in [6.07, 6.45) is 0. The van der Waals surface area contributed by atoms with Crippen LogP contribution in [0.3, 0.4) is 0 Å². The van der Waals surface area contributed by atoms with Crippen molar-refractivity contribution in [3.63, 3.8) is 0 Å². The van der Waals surface area contributed by atoms with Crippen LogP contribution in [0, 0.1) is 5.82 Å². The first kappa shape index (κ1) is 14.5. The Morgan fingerprint density at radius 1 is 1.26 bits per heavy atom. The van der Waals surface area contributed by atoms with Crippen LogP contribution in [0.4, 0.5) is 10.1 Å². The lowest BCUT2D eigenvalue weighted by atomic mass is 10.2. The van der Waals surface area contributed by atoms with Crippen molar-refractivity contribution in [2.45, 2.75) is 10.6 Å². The minimum Gasteiger partial charge on any atom is -0.398 e. The van der Waals surface area contributed by atoms with Crippen LogP contribution < -0.4 is 5.73 Å². The summed E-state index contributed by atoms with van der Waals surface area (Å²) >= 11 is 9.15. The van der Waals surface area contributed by atoms with Gasteiger partial charge in [-0.1, -0.05) is 33.6 Å². The molecule has 0 spiro atoms. The number of benzene rings is 2. The molecular weight excluding hydrogens is 353 g/mol. The maximum absolute atomic E-state index is 13.0. The molecular formula is C13H10BrClFNOS. The van der Waals surface area contributed by atoms with Gasteiger partial charge in [-0.25, -0.2) is 4.39 Å². The van der Waals surface area contributed by atoms with Gasteiger partial charge in [0, 0.05) is 9.37 Å². The number of rotatable bonds is 3. The van der Waals surface area contributed by atoms with Crippen molar-refractivity contribution in [2.24, 2.45) is 0 Å². The molecule has 1 unspecified atom stereocenters. The topological polar surface area (TPSA) is 43.1 Å². The first-order valence-electron chi connectivity index (χ1n) is 5.34. The lowest BCUT2D eigenvalue weighted by Crippen LogP contribution is -1.98. The van der Waals surface area contributed by atoms with Gasteiger partial charge < -0.3 is 5.73 Å². The molecule has 19 heavy (non-hydrogen) atoms. The third kappa shape index (κ3) is 3.55. The van der Waals surface area contributed by atoms with E-state index in [9.17, 15) is 8.60 Å². The molecule has 0 aliphatic heterocycles. The number of anilines is 1. The minimum absolute atomic E-state index is 0.279. The second-order valence-electron chi connectivity index (χ2n) is 3.91. The predicted molar refractivity (Wildman–Crippen MR) is 80.1 cm³/mol.